The zero-order valence-corrected chi connectivity index (χ0v) is 13.4. The maximum atomic E-state index is 12.0. The quantitative estimate of drug-likeness (QED) is 0.872. The topological polar surface area (TPSA) is 51.2 Å². The van der Waals surface area contributed by atoms with E-state index >= 15 is 0 Å². The molecule has 1 aromatic heterocycles. The van der Waals surface area contributed by atoms with Gasteiger partial charge >= 0.3 is 0 Å². The Balaban J connectivity index is 1.90. The summed E-state index contributed by atoms with van der Waals surface area (Å²) in [6, 6.07) is 11.4. The van der Waals surface area contributed by atoms with Crippen LogP contribution in [0.4, 0.5) is 0 Å². The van der Waals surface area contributed by atoms with Crippen molar-refractivity contribution in [2.24, 2.45) is 0 Å². The van der Waals surface area contributed by atoms with Gasteiger partial charge in [0, 0.05) is 22.8 Å². The van der Waals surface area contributed by atoms with Gasteiger partial charge in [0.15, 0.2) is 0 Å². The second-order valence-corrected chi connectivity index (χ2v) is 5.40. The summed E-state index contributed by atoms with van der Waals surface area (Å²) in [6.45, 7) is 2.87. The first kappa shape index (κ1) is 15.5. The van der Waals surface area contributed by atoms with Gasteiger partial charge < -0.3 is 10.1 Å². The van der Waals surface area contributed by atoms with E-state index in [0.717, 1.165) is 15.6 Å². The molecule has 0 unspecified atom stereocenters. The number of amides is 1. The molecule has 0 atom stereocenters. The molecule has 2 aromatic rings. The Hall–Kier alpha value is -1.88. The summed E-state index contributed by atoms with van der Waals surface area (Å²) < 4.78 is 6.44. The molecule has 5 heteroatoms. The van der Waals surface area contributed by atoms with E-state index in [0.29, 0.717) is 25.5 Å². The van der Waals surface area contributed by atoms with Crippen LogP contribution in [-0.4, -0.2) is 17.5 Å². The van der Waals surface area contributed by atoms with Crippen LogP contribution in [0.15, 0.2) is 47.1 Å². The van der Waals surface area contributed by atoms with Crippen molar-refractivity contribution in [2.75, 3.05) is 6.61 Å². The largest absolute Gasteiger partial charge is 0.478 e. The number of ether oxygens (including phenoxy) is 1. The normalized spacial score (nSPS) is 10.2. The molecule has 110 valence electrons. The maximum absolute atomic E-state index is 12.0. The van der Waals surface area contributed by atoms with Crippen molar-refractivity contribution in [3.05, 3.63) is 58.2 Å². The maximum Gasteiger partial charge on any atom is 0.224 e. The lowest BCUT2D eigenvalue weighted by molar-refractivity contribution is -0.120. The van der Waals surface area contributed by atoms with Crippen molar-refractivity contribution in [3.8, 4) is 5.88 Å². The smallest absolute Gasteiger partial charge is 0.224 e. The first-order valence-corrected chi connectivity index (χ1v) is 7.56. The number of rotatable bonds is 6. The average molecular weight is 349 g/mol. The fourth-order valence-electron chi connectivity index (χ4n) is 1.87. The van der Waals surface area contributed by atoms with Gasteiger partial charge in [-0.2, -0.15) is 0 Å². The Bertz CT molecular complexity index is 599. The number of aromatic nitrogens is 1. The van der Waals surface area contributed by atoms with Crippen molar-refractivity contribution in [2.45, 2.75) is 19.9 Å². The highest BCUT2D eigenvalue weighted by molar-refractivity contribution is 9.10. The van der Waals surface area contributed by atoms with Crippen molar-refractivity contribution in [1.29, 1.82) is 0 Å². The van der Waals surface area contributed by atoms with Gasteiger partial charge in [-0.25, -0.2) is 4.98 Å². The molecule has 0 saturated heterocycles. The number of nitrogens with zero attached hydrogens (tertiary/aromatic N) is 1. The van der Waals surface area contributed by atoms with E-state index in [1.807, 2.05) is 43.3 Å². The Morgan fingerprint density at radius 2 is 2.05 bits per heavy atom. The Labute approximate surface area is 132 Å². The highest BCUT2D eigenvalue weighted by atomic mass is 79.9. The summed E-state index contributed by atoms with van der Waals surface area (Å²) in [4.78, 5) is 16.1. The van der Waals surface area contributed by atoms with Crippen LogP contribution >= 0.6 is 15.9 Å². The van der Waals surface area contributed by atoms with Crippen LogP contribution in [0, 0.1) is 0 Å². The van der Waals surface area contributed by atoms with Gasteiger partial charge in [-0.15, -0.1) is 0 Å². The minimum Gasteiger partial charge on any atom is -0.478 e. The van der Waals surface area contributed by atoms with E-state index in [-0.39, 0.29) is 5.91 Å². The van der Waals surface area contributed by atoms with Crippen molar-refractivity contribution < 1.29 is 9.53 Å². The molecule has 0 saturated carbocycles. The third kappa shape index (κ3) is 4.86. The Morgan fingerprint density at radius 3 is 2.76 bits per heavy atom. The average Bonchev–Trinajstić information content (AvgIpc) is 2.49. The number of hydrogen-bond acceptors (Lipinski definition) is 3. The van der Waals surface area contributed by atoms with Gasteiger partial charge in [0.25, 0.3) is 0 Å². The summed E-state index contributed by atoms with van der Waals surface area (Å²) in [6.07, 6.45) is 2.04. The first-order valence-electron chi connectivity index (χ1n) is 6.77. The second kappa shape index (κ2) is 7.78. The molecule has 1 heterocycles. The van der Waals surface area contributed by atoms with Gasteiger partial charge in [-0.05, 0) is 30.7 Å². The summed E-state index contributed by atoms with van der Waals surface area (Å²) in [5.41, 5.74) is 1.86. The third-order valence-electron chi connectivity index (χ3n) is 2.88. The van der Waals surface area contributed by atoms with Crippen LogP contribution < -0.4 is 10.1 Å². The molecule has 1 N–H and O–H groups in total. The van der Waals surface area contributed by atoms with Crippen LogP contribution in [0.3, 0.4) is 0 Å². The summed E-state index contributed by atoms with van der Waals surface area (Å²) in [5, 5.41) is 2.89. The van der Waals surface area contributed by atoms with Crippen LogP contribution in [0.5, 0.6) is 5.88 Å². The fourth-order valence-corrected chi connectivity index (χ4v) is 2.13. The molecule has 21 heavy (non-hydrogen) atoms. The van der Waals surface area contributed by atoms with Gasteiger partial charge in [-0.3, -0.25) is 4.79 Å². The van der Waals surface area contributed by atoms with E-state index in [9.17, 15) is 4.79 Å². The SMILES string of the molecule is CCOc1ncccc1CNC(=O)Cc1ccc(Br)cc1. The summed E-state index contributed by atoms with van der Waals surface area (Å²) in [7, 11) is 0. The van der Waals surface area contributed by atoms with E-state index in [1.54, 1.807) is 6.20 Å². The molecule has 1 amide bonds. The third-order valence-corrected chi connectivity index (χ3v) is 3.41. The van der Waals surface area contributed by atoms with Crippen LogP contribution in [0.1, 0.15) is 18.1 Å². The minimum absolute atomic E-state index is 0.0244. The van der Waals surface area contributed by atoms with Crippen LogP contribution in [0.2, 0.25) is 0 Å². The molecule has 2 rings (SSSR count). The molecule has 0 aliphatic carbocycles. The summed E-state index contributed by atoms with van der Waals surface area (Å²) >= 11 is 3.37. The van der Waals surface area contributed by atoms with E-state index in [1.165, 1.54) is 0 Å². The van der Waals surface area contributed by atoms with Crippen molar-refractivity contribution >= 4 is 21.8 Å². The molecule has 0 spiro atoms. The molecular weight excluding hydrogens is 332 g/mol. The first-order chi connectivity index (χ1) is 10.2. The standard InChI is InChI=1S/C16H17BrN2O2/c1-2-21-16-13(4-3-9-18-16)11-19-15(20)10-12-5-7-14(17)8-6-12/h3-9H,2,10-11H2,1H3,(H,19,20). The lowest BCUT2D eigenvalue weighted by Crippen LogP contribution is -2.25. The zero-order valence-electron chi connectivity index (χ0n) is 11.8. The number of carbonyl (C=O) groups is 1. The van der Waals surface area contributed by atoms with Crippen molar-refractivity contribution in [1.82, 2.24) is 10.3 Å². The van der Waals surface area contributed by atoms with Crippen LogP contribution in [-0.2, 0) is 17.8 Å². The molecular formula is C16H17BrN2O2. The predicted octanol–water partition coefficient (Wildman–Crippen LogP) is 3.10. The van der Waals surface area contributed by atoms with Gasteiger partial charge in [0.05, 0.1) is 13.0 Å². The molecule has 0 aliphatic heterocycles. The van der Waals surface area contributed by atoms with E-state index in [2.05, 4.69) is 26.2 Å². The van der Waals surface area contributed by atoms with Gasteiger partial charge in [0.1, 0.15) is 0 Å². The summed E-state index contributed by atoms with van der Waals surface area (Å²) in [5.74, 6) is 0.549. The highest BCUT2D eigenvalue weighted by Gasteiger charge is 2.07. The molecule has 4 nitrogen and oxygen atoms in total. The lowest BCUT2D eigenvalue weighted by atomic mass is 10.1. The van der Waals surface area contributed by atoms with Gasteiger partial charge in [0.2, 0.25) is 11.8 Å². The monoisotopic (exact) mass is 348 g/mol. The number of benzene rings is 1. The number of nitrogens with one attached hydrogen (secondary N) is 1. The highest BCUT2D eigenvalue weighted by Crippen LogP contribution is 2.14. The van der Waals surface area contributed by atoms with Crippen LogP contribution in [0.25, 0.3) is 0 Å². The second-order valence-electron chi connectivity index (χ2n) is 4.48. The predicted molar refractivity (Wildman–Crippen MR) is 85.1 cm³/mol. The fraction of sp³-hybridized carbons (Fsp3) is 0.250. The number of carbonyl (C=O) groups excluding carboxylic acids is 1. The number of hydrogen-bond donors (Lipinski definition) is 1. The number of halogens is 1. The van der Waals surface area contributed by atoms with Crippen molar-refractivity contribution in [3.63, 3.8) is 0 Å². The Kier molecular flexibility index (Phi) is 5.75. The number of pyridine rings is 1. The minimum atomic E-state index is -0.0244. The van der Waals surface area contributed by atoms with E-state index < -0.39 is 0 Å². The van der Waals surface area contributed by atoms with Gasteiger partial charge in [-0.1, -0.05) is 34.1 Å². The molecule has 0 radical (unpaired) electrons. The lowest BCUT2D eigenvalue weighted by Gasteiger charge is -2.10. The molecule has 0 bridgehead atoms. The molecule has 0 aliphatic rings. The Morgan fingerprint density at radius 1 is 1.29 bits per heavy atom. The molecule has 0 fully saturated rings. The zero-order chi connectivity index (χ0) is 15.1. The van der Waals surface area contributed by atoms with E-state index in [4.69, 9.17) is 4.74 Å². The molecule has 1 aromatic carbocycles.